The number of nitrogens with one attached hydrogen (secondary N) is 1. The van der Waals surface area contributed by atoms with E-state index in [1.165, 1.54) is 0 Å². The topological polar surface area (TPSA) is 36.1 Å². The number of hydrogen-bond acceptors (Lipinski definition) is 2. The summed E-state index contributed by atoms with van der Waals surface area (Å²) in [7, 11) is 0. The summed E-state index contributed by atoms with van der Waals surface area (Å²) >= 11 is 17.6. The highest BCUT2D eigenvalue weighted by Crippen LogP contribution is 2.28. The second-order valence-corrected chi connectivity index (χ2v) is 5.85. The summed E-state index contributed by atoms with van der Waals surface area (Å²) < 4.78 is 1.71. The molecule has 3 nitrogen and oxygen atoms in total. The van der Waals surface area contributed by atoms with Gasteiger partial charge in [0.1, 0.15) is 0 Å². The standard InChI is InChI=1S/C17H14Cl2N2OS/c1-2-8-20-17(23)15(21-9-4-3-5-10-21)16(22)13-11-12(18)6-7-14(13)19/h2-7,9-11H,1,8H2,(H-,20,22,23)/p+1. The van der Waals surface area contributed by atoms with Crippen LogP contribution >= 0.6 is 35.4 Å². The van der Waals surface area contributed by atoms with Crippen molar-refractivity contribution in [3.8, 4) is 0 Å². The molecule has 1 aromatic carbocycles. The maximum atomic E-state index is 10.8. The first-order valence-electron chi connectivity index (χ1n) is 6.79. The molecule has 0 atom stereocenters. The Morgan fingerprint density at radius 1 is 1.26 bits per heavy atom. The highest BCUT2D eigenvalue weighted by atomic mass is 35.5. The number of nitrogens with zero attached hydrogens (tertiary/aromatic N) is 1. The molecule has 0 aliphatic heterocycles. The van der Waals surface area contributed by atoms with Gasteiger partial charge in [-0.1, -0.05) is 47.6 Å². The lowest BCUT2D eigenvalue weighted by Gasteiger charge is -2.10. The number of hydrogen-bond donors (Lipinski definition) is 2. The third-order valence-corrected chi connectivity index (χ3v) is 3.91. The van der Waals surface area contributed by atoms with Gasteiger partial charge in [0.05, 0.1) is 5.02 Å². The Kier molecular flexibility index (Phi) is 6.16. The van der Waals surface area contributed by atoms with Gasteiger partial charge in [0.2, 0.25) is 5.76 Å². The van der Waals surface area contributed by atoms with E-state index in [0.717, 1.165) is 0 Å². The van der Waals surface area contributed by atoms with Crippen LogP contribution in [0.3, 0.4) is 0 Å². The van der Waals surface area contributed by atoms with E-state index in [-0.39, 0.29) is 5.76 Å². The van der Waals surface area contributed by atoms with Gasteiger partial charge >= 0.3 is 0 Å². The third kappa shape index (κ3) is 4.32. The number of pyridine rings is 1. The first-order valence-corrected chi connectivity index (χ1v) is 7.95. The van der Waals surface area contributed by atoms with Crippen molar-refractivity contribution in [3.05, 3.63) is 77.1 Å². The van der Waals surface area contributed by atoms with E-state index in [1.54, 1.807) is 41.2 Å². The zero-order chi connectivity index (χ0) is 16.8. The Labute approximate surface area is 150 Å². The van der Waals surface area contributed by atoms with E-state index in [1.807, 2.05) is 18.2 Å². The molecule has 6 heteroatoms. The largest absolute Gasteiger partial charge is 0.502 e. The zero-order valence-electron chi connectivity index (χ0n) is 12.2. The fourth-order valence-corrected chi connectivity index (χ4v) is 2.61. The van der Waals surface area contributed by atoms with Crippen LogP contribution in [0.4, 0.5) is 0 Å². The predicted octanol–water partition coefficient (Wildman–Crippen LogP) is 4.27. The lowest BCUT2D eigenvalue weighted by molar-refractivity contribution is -0.576. The second kappa shape index (κ2) is 8.11. The normalized spacial score (nSPS) is 11.6. The van der Waals surface area contributed by atoms with Gasteiger partial charge < -0.3 is 10.4 Å². The highest BCUT2D eigenvalue weighted by molar-refractivity contribution is 7.81. The molecule has 23 heavy (non-hydrogen) atoms. The molecule has 0 aliphatic rings. The molecular weight excluding hydrogens is 351 g/mol. The summed E-state index contributed by atoms with van der Waals surface area (Å²) in [6, 6.07) is 10.4. The molecule has 0 saturated carbocycles. The summed E-state index contributed by atoms with van der Waals surface area (Å²) in [5.74, 6) is -0.0599. The first-order chi connectivity index (χ1) is 11.0. The molecule has 0 radical (unpaired) electrons. The molecule has 2 aromatic rings. The van der Waals surface area contributed by atoms with E-state index in [9.17, 15) is 5.11 Å². The van der Waals surface area contributed by atoms with Crippen LogP contribution in [0.15, 0.2) is 61.4 Å². The van der Waals surface area contributed by atoms with Crippen molar-refractivity contribution in [2.75, 3.05) is 6.54 Å². The van der Waals surface area contributed by atoms with E-state index in [0.29, 0.717) is 32.8 Å². The molecule has 0 aliphatic carbocycles. The summed E-state index contributed by atoms with van der Waals surface area (Å²) in [5, 5.41) is 14.6. The van der Waals surface area contributed by atoms with Crippen molar-refractivity contribution < 1.29 is 9.67 Å². The third-order valence-electron chi connectivity index (χ3n) is 3.00. The average Bonchev–Trinajstić information content (AvgIpc) is 2.56. The van der Waals surface area contributed by atoms with Gasteiger partial charge in [-0.05, 0) is 18.2 Å². The van der Waals surface area contributed by atoms with E-state index in [2.05, 4.69) is 11.9 Å². The second-order valence-electron chi connectivity index (χ2n) is 4.60. The molecule has 0 fully saturated rings. The van der Waals surface area contributed by atoms with Crippen molar-refractivity contribution in [1.82, 2.24) is 5.32 Å². The Morgan fingerprint density at radius 3 is 2.61 bits per heavy atom. The first kappa shape index (κ1) is 17.5. The van der Waals surface area contributed by atoms with Gasteiger partial charge in [-0.2, -0.15) is 4.57 Å². The van der Waals surface area contributed by atoms with Crippen molar-refractivity contribution >= 4 is 51.9 Å². The van der Waals surface area contributed by atoms with Crippen LogP contribution in [0.2, 0.25) is 10.0 Å². The van der Waals surface area contributed by atoms with Gasteiger partial charge in [0.25, 0.3) is 5.70 Å². The van der Waals surface area contributed by atoms with Crippen LogP contribution < -0.4 is 9.88 Å². The maximum absolute atomic E-state index is 10.8. The summed E-state index contributed by atoms with van der Waals surface area (Å²) in [6.07, 6.45) is 5.25. The van der Waals surface area contributed by atoms with E-state index < -0.39 is 0 Å². The molecule has 2 rings (SSSR count). The van der Waals surface area contributed by atoms with Crippen LogP contribution in [0, 0.1) is 0 Å². The number of aliphatic hydroxyl groups is 1. The van der Waals surface area contributed by atoms with Gasteiger partial charge in [0.15, 0.2) is 17.4 Å². The molecule has 0 spiro atoms. The number of thiocarbonyl (C=S) groups is 1. The minimum Gasteiger partial charge on any atom is -0.502 e. The van der Waals surface area contributed by atoms with Crippen molar-refractivity contribution in [3.63, 3.8) is 0 Å². The summed E-state index contributed by atoms with van der Waals surface area (Å²) in [4.78, 5) is 0.370. The van der Waals surface area contributed by atoms with Crippen LogP contribution in [0.25, 0.3) is 11.5 Å². The van der Waals surface area contributed by atoms with Crippen molar-refractivity contribution in [1.29, 1.82) is 0 Å². The fraction of sp³-hybridized carbons (Fsp3) is 0.0588. The quantitative estimate of drug-likeness (QED) is 0.273. The Bertz CT molecular complexity index is 760. The van der Waals surface area contributed by atoms with Crippen molar-refractivity contribution in [2.45, 2.75) is 0 Å². The van der Waals surface area contributed by atoms with Gasteiger partial charge in [-0.3, -0.25) is 0 Å². The number of halogens is 2. The average molecular weight is 366 g/mol. The van der Waals surface area contributed by atoms with E-state index >= 15 is 0 Å². The molecule has 118 valence electrons. The smallest absolute Gasteiger partial charge is 0.288 e. The van der Waals surface area contributed by atoms with Crippen molar-refractivity contribution in [2.24, 2.45) is 0 Å². The molecular formula is C17H15Cl2N2OS+. The predicted molar refractivity (Wildman–Crippen MR) is 99.6 cm³/mol. The zero-order valence-corrected chi connectivity index (χ0v) is 14.5. The summed E-state index contributed by atoms with van der Waals surface area (Å²) in [5.41, 5.74) is 0.819. The highest BCUT2D eigenvalue weighted by Gasteiger charge is 2.24. The van der Waals surface area contributed by atoms with Gasteiger partial charge in [-0.25, -0.2) is 0 Å². The number of benzene rings is 1. The number of aromatic nitrogens is 1. The monoisotopic (exact) mass is 365 g/mol. The van der Waals surface area contributed by atoms with Gasteiger partial charge in [-0.15, -0.1) is 6.58 Å². The minimum absolute atomic E-state index is 0.0599. The van der Waals surface area contributed by atoms with Crippen LogP contribution in [-0.4, -0.2) is 16.6 Å². The number of aliphatic hydroxyl groups excluding tert-OH is 1. The number of rotatable bonds is 5. The molecule has 0 amide bonds. The summed E-state index contributed by atoms with van der Waals surface area (Å²) in [6.45, 7) is 4.13. The molecule has 0 unspecified atom stereocenters. The van der Waals surface area contributed by atoms with Crippen LogP contribution in [0.5, 0.6) is 0 Å². The van der Waals surface area contributed by atoms with E-state index in [4.69, 9.17) is 35.4 Å². The maximum Gasteiger partial charge on any atom is 0.288 e. The van der Waals surface area contributed by atoms with Crippen LogP contribution in [0.1, 0.15) is 5.56 Å². The molecule has 1 heterocycles. The molecule has 0 saturated heterocycles. The Balaban J connectivity index is 2.61. The molecule has 2 N–H and O–H groups in total. The SMILES string of the molecule is C=CCNC(=S)/C(=C(/O)c1cc(Cl)ccc1Cl)[n+]1ccccc1. The lowest BCUT2D eigenvalue weighted by atomic mass is 10.1. The Morgan fingerprint density at radius 2 is 1.96 bits per heavy atom. The van der Waals surface area contributed by atoms with Crippen LogP contribution in [-0.2, 0) is 0 Å². The lowest BCUT2D eigenvalue weighted by Crippen LogP contribution is -2.40. The fourth-order valence-electron chi connectivity index (χ4n) is 1.95. The van der Waals surface area contributed by atoms with Gasteiger partial charge in [0, 0.05) is 29.3 Å². The molecule has 0 bridgehead atoms. The Hall–Kier alpha value is -1.88. The molecule has 1 aromatic heterocycles. The minimum atomic E-state index is -0.0599.